The monoisotopic (exact) mass is 531 g/mol. The fraction of sp³-hybridized carbons (Fsp3) is 0.538. The third-order valence-electron chi connectivity index (χ3n) is 6.88. The minimum Gasteiger partial charge on any atom is -0.494 e. The van der Waals surface area contributed by atoms with Gasteiger partial charge in [-0.1, -0.05) is 0 Å². The molecule has 5 N–H and O–H groups in total. The summed E-state index contributed by atoms with van der Waals surface area (Å²) in [6.07, 6.45) is 0.111. The molecule has 6 atom stereocenters. The van der Waals surface area contributed by atoms with E-state index < -0.39 is 43.1 Å². The number of rotatable bonds is 10. The van der Waals surface area contributed by atoms with Gasteiger partial charge < -0.3 is 39.7 Å². The summed E-state index contributed by atoms with van der Waals surface area (Å²) in [7, 11) is 1.57. The van der Waals surface area contributed by atoms with Gasteiger partial charge >= 0.3 is 5.97 Å². The van der Waals surface area contributed by atoms with Crippen molar-refractivity contribution in [3.05, 3.63) is 58.6 Å². The molecule has 0 amide bonds. The second-order valence-electron chi connectivity index (χ2n) is 9.26. The van der Waals surface area contributed by atoms with Crippen molar-refractivity contribution in [2.45, 2.75) is 69.2 Å². The topological polar surface area (TPSA) is 184 Å². The summed E-state index contributed by atoms with van der Waals surface area (Å²) in [6.45, 7) is 1.50. The zero-order chi connectivity index (χ0) is 27.4. The van der Waals surface area contributed by atoms with Crippen LogP contribution in [0.3, 0.4) is 0 Å². The Morgan fingerprint density at radius 1 is 1.16 bits per heavy atom. The molecule has 2 heterocycles. The number of dihydropyridines is 1. The van der Waals surface area contributed by atoms with Gasteiger partial charge in [-0.3, -0.25) is 15.0 Å². The maximum atomic E-state index is 12.6. The molecule has 0 radical (unpaired) electrons. The molecular formula is C26H33N3O9. The number of fused-ring (bicyclic) bond motifs is 2. The third kappa shape index (κ3) is 5.64. The Morgan fingerprint density at radius 3 is 2.61 bits per heavy atom. The quantitative estimate of drug-likeness (QED) is 0.250. The van der Waals surface area contributed by atoms with Gasteiger partial charge in [-0.15, -0.1) is 0 Å². The maximum absolute atomic E-state index is 12.6. The van der Waals surface area contributed by atoms with E-state index in [1.54, 1.807) is 25.7 Å². The lowest BCUT2D eigenvalue weighted by atomic mass is 9.76. The van der Waals surface area contributed by atoms with E-state index in [0.29, 0.717) is 55.2 Å². The van der Waals surface area contributed by atoms with E-state index in [0.717, 1.165) is 16.7 Å². The summed E-state index contributed by atoms with van der Waals surface area (Å²) in [4.78, 5) is 26.2. The van der Waals surface area contributed by atoms with E-state index >= 15 is 0 Å². The molecule has 4 rings (SSSR count). The molecule has 0 saturated heterocycles. The van der Waals surface area contributed by atoms with Crippen LogP contribution in [0.5, 0.6) is 0 Å². The number of aliphatic hydroxyl groups excluding tert-OH is 5. The Balaban J connectivity index is 1.60. The zero-order valence-electron chi connectivity index (χ0n) is 21.2. The van der Waals surface area contributed by atoms with Crippen molar-refractivity contribution >= 4 is 11.7 Å². The molecule has 1 saturated carbocycles. The SMILES string of the molecule is CCOC1=C(OC)C=C2C(c3cnccn3)=N[C@@H]3CC[C@@H](OC(=O)[C@H](O)[C@@H](O)[C@H](O)[C@H](O)CO)CC3=C2C1. The molecule has 0 bridgehead atoms. The molecule has 12 heteroatoms. The molecule has 1 aromatic heterocycles. The minimum atomic E-state index is -2.10. The van der Waals surface area contributed by atoms with E-state index in [9.17, 15) is 25.2 Å². The van der Waals surface area contributed by atoms with Crippen LogP contribution >= 0.6 is 0 Å². The predicted molar refractivity (Wildman–Crippen MR) is 133 cm³/mol. The van der Waals surface area contributed by atoms with Gasteiger partial charge in [0.05, 0.1) is 38.3 Å². The van der Waals surface area contributed by atoms with Gasteiger partial charge in [0, 0.05) is 30.8 Å². The number of esters is 1. The number of methoxy groups -OCH3 is 1. The third-order valence-corrected chi connectivity index (χ3v) is 6.88. The Bertz CT molecular complexity index is 1150. The standard InChI is InChI=1S/C26H33N3O9/c1-3-37-21-9-14-15-8-13(38-26(35)25(34)24(33)23(32)19(31)12-30)4-5-17(15)29-22(16(14)10-20(21)36-2)18-11-27-6-7-28-18/h6-7,10-11,13,17,19,23-25,30-34H,3-5,8-9,12H2,1-2H3/t13-,17-,19-,23-,24+,25-/m1/s1. The molecule has 0 unspecified atom stereocenters. The first-order valence-corrected chi connectivity index (χ1v) is 12.5. The second-order valence-corrected chi connectivity index (χ2v) is 9.26. The number of nitrogens with zero attached hydrogens (tertiary/aromatic N) is 3. The van der Waals surface area contributed by atoms with E-state index in [1.165, 1.54) is 0 Å². The molecule has 1 aliphatic heterocycles. The van der Waals surface area contributed by atoms with Gasteiger partial charge in [0.1, 0.15) is 35.9 Å². The van der Waals surface area contributed by atoms with Gasteiger partial charge in [-0.2, -0.15) is 0 Å². The van der Waals surface area contributed by atoms with Crippen molar-refractivity contribution in [1.29, 1.82) is 0 Å². The fourth-order valence-corrected chi connectivity index (χ4v) is 4.92. The summed E-state index contributed by atoms with van der Waals surface area (Å²) < 4.78 is 16.9. The minimum absolute atomic E-state index is 0.182. The molecule has 206 valence electrons. The average molecular weight is 532 g/mol. The van der Waals surface area contributed by atoms with Gasteiger partial charge in [0.25, 0.3) is 0 Å². The van der Waals surface area contributed by atoms with Gasteiger partial charge in [-0.25, -0.2) is 4.79 Å². The van der Waals surface area contributed by atoms with Crippen molar-refractivity contribution in [2.24, 2.45) is 4.99 Å². The van der Waals surface area contributed by atoms with Crippen LogP contribution in [0.4, 0.5) is 0 Å². The lowest BCUT2D eigenvalue weighted by Crippen LogP contribution is -2.49. The number of hydrogen-bond donors (Lipinski definition) is 5. The normalized spacial score (nSPS) is 24.3. The number of carbonyl (C=O) groups is 1. The van der Waals surface area contributed by atoms with Gasteiger partial charge in [0.15, 0.2) is 11.9 Å². The zero-order valence-corrected chi connectivity index (χ0v) is 21.2. The summed E-state index contributed by atoms with van der Waals surface area (Å²) in [5.74, 6) is 0.126. The maximum Gasteiger partial charge on any atom is 0.338 e. The molecule has 1 aromatic rings. The Kier molecular flexibility index (Phi) is 8.90. The lowest BCUT2D eigenvalue weighted by Gasteiger charge is -2.37. The highest BCUT2D eigenvalue weighted by Crippen LogP contribution is 2.43. The molecule has 0 spiro atoms. The van der Waals surface area contributed by atoms with Crippen LogP contribution in [0.2, 0.25) is 0 Å². The first-order chi connectivity index (χ1) is 18.3. The van der Waals surface area contributed by atoms with E-state index in [1.807, 2.05) is 13.0 Å². The molecule has 0 aromatic carbocycles. The molecule has 2 aliphatic carbocycles. The highest BCUT2D eigenvalue weighted by molar-refractivity contribution is 6.15. The number of carbonyl (C=O) groups excluding carboxylic acids is 1. The molecular weight excluding hydrogens is 498 g/mol. The van der Waals surface area contributed by atoms with Crippen molar-refractivity contribution in [3.63, 3.8) is 0 Å². The first kappa shape index (κ1) is 27.9. The van der Waals surface area contributed by atoms with E-state index in [4.69, 9.17) is 24.3 Å². The molecule has 3 aliphatic rings. The first-order valence-electron chi connectivity index (χ1n) is 12.5. The van der Waals surface area contributed by atoms with Crippen molar-refractivity contribution in [3.8, 4) is 0 Å². The van der Waals surface area contributed by atoms with E-state index in [-0.39, 0.29) is 6.04 Å². The summed E-state index contributed by atoms with van der Waals surface area (Å²) in [6, 6.07) is -0.182. The fourth-order valence-electron chi connectivity index (χ4n) is 4.92. The Hall–Kier alpha value is -3.16. The van der Waals surface area contributed by atoms with Crippen LogP contribution in [0.25, 0.3) is 0 Å². The van der Waals surface area contributed by atoms with Gasteiger partial charge in [0.2, 0.25) is 0 Å². The van der Waals surface area contributed by atoms with Crippen molar-refractivity contribution in [1.82, 2.24) is 9.97 Å². The summed E-state index contributed by atoms with van der Waals surface area (Å²) >= 11 is 0. The van der Waals surface area contributed by atoms with Crippen LogP contribution in [0.1, 0.15) is 38.3 Å². The van der Waals surface area contributed by atoms with Crippen LogP contribution in [-0.2, 0) is 19.0 Å². The molecule has 12 nitrogen and oxygen atoms in total. The number of allylic oxidation sites excluding steroid dienone is 3. The van der Waals surface area contributed by atoms with Gasteiger partial charge in [-0.05, 0) is 37.0 Å². The van der Waals surface area contributed by atoms with Crippen LogP contribution < -0.4 is 0 Å². The number of hydrogen-bond acceptors (Lipinski definition) is 12. The largest absolute Gasteiger partial charge is 0.494 e. The van der Waals surface area contributed by atoms with Crippen LogP contribution in [0, 0.1) is 0 Å². The number of aliphatic hydroxyl groups is 5. The molecule has 38 heavy (non-hydrogen) atoms. The lowest BCUT2D eigenvalue weighted by molar-refractivity contribution is -0.175. The Morgan fingerprint density at radius 2 is 1.95 bits per heavy atom. The number of aliphatic imine (C=N–C) groups is 1. The predicted octanol–water partition coefficient (Wildman–Crippen LogP) is -0.299. The molecule has 1 fully saturated rings. The summed E-state index contributed by atoms with van der Waals surface area (Å²) in [5, 5.41) is 48.5. The average Bonchev–Trinajstić information content (AvgIpc) is 2.95. The van der Waals surface area contributed by atoms with E-state index in [2.05, 4.69) is 9.97 Å². The highest BCUT2D eigenvalue weighted by Gasteiger charge is 2.40. The van der Waals surface area contributed by atoms with Crippen LogP contribution in [0.15, 0.2) is 57.9 Å². The second kappa shape index (κ2) is 12.1. The number of ether oxygens (including phenoxy) is 3. The van der Waals surface area contributed by atoms with Crippen molar-refractivity contribution < 1.29 is 44.5 Å². The Labute approximate surface area is 219 Å². The van der Waals surface area contributed by atoms with Crippen LogP contribution in [-0.4, -0.2) is 104 Å². The highest BCUT2D eigenvalue weighted by atomic mass is 16.6. The number of aromatic nitrogens is 2. The smallest absolute Gasteiger partial charge is 0.338 e. The van der Waals surface area contributed by atoms with Crippen molar-refractivity contribution in [2.75, 3.05) is 20.3 Å². The summed E-state index contributed by atoms with van der Waals surface area (Å²) in [5.41, 5.74) is 4.07.